The normalized spacial score (nSPS) is 14.4. The molecule has 0 fully saturated rings. The fourth-order valence-electron chi connectivity index (χ4n) is 2.93. The van der Waals surface area contributed by atoms with Gasteiger partial charge in [0.25, 0.3) is 6.43 Å². The van der Waals surface area contributed by atoms with Gasteiger partial charge in [0.2, 0.25) is 5.95 Å². The number of unbranched alkanes of at least 4 members (excludes halogenated alkanes) is 5. The highest BCUT2D eigenvalue weighted by molar-refractivity contribution is 14.1. The van der Waals surface area contributed by atoms with Gasteiger partial charge < -0.3 is 0 Å². The van der Waals surface area contributed by atoms with Crippen molar-refractivity contribution in [3.8, 4) is 0 Å². The van der Waals surface area contributed by atoms with Gasteiger partial charge in [0, 0.05) is 0 Å². The van der Waals surface area contributed by atoms with E-state index in [9.17, 15) is 13.2 Å². The lowest BCUT2D eigenvalue weighted by atomic mass is 9.88. The Balaban J connectivity index is 2.94. The minimum atomic E-state index is -2.82. The second kappa shape index (κ2) is 9.89. The van der Waals surface area contributed by atoms with Crippen LogP contribution in [-0.4, -0.2) is 9.78 Å². The Hall–Kier alpha value is -0.270. The Morgan fingerprint density at radius 3 is 2.13 bits per heavy atom. The average Bonchev–Trinajstić information content (AvgIpc) is 2.80. The molecule has 1 unspecified atom stereocenters. The third kappa shape index (κ3) is 5.64. The Morgan fingerprint density at radius 2 is 1.61 bits per heavy atom. The third-order valence-corrected chi connectivity index (χ3v) is 5.47. The standard InChI is InChI=1S/C17H28F3IN2/c1-4-6-8-9-10-12-17(3,11-7-5-2)23-16(21)13(14(18)19)15(20)22-23/h14H,4-12H2,1-3H3. The minimum absolute atomic E-state index is 0.238. The van der Waals surface area contributed by atoms with Crippen molar-refractivity contribution in [2.75, 3.05) is 0 Å². The minimum Gasteiger partial charge on any atom is -0.250 e. The summed E-state index contributed by atoms with van der Waals surface area (Å²) >= 11 is 1.81. The highest BCUT2D eigenvalue weighted by Gasteiger charge is 2.33. The molecule has 1 aromatic heterocycles. The zero-order chi connectivity index (χ0) is 17.5. The lowest BCUT2D eigenvalue weighted by Crippen LogP contribution is -2.32. The van der Waals surface area contributed by atoms with Crippen LogP contribution in [0.1, 0.15) is 90.5 Å². The zero-order valence-electron chi connectivity index (χ0n) is 14.3. The number of hydrogen-bond acceptors (Lipinski definition) is 1. The molecular weight excluding hydrogens is 416 g/mol. The zero-order valence-corrected chi connectivity index (χ0v) is 16.5. The first-order valence-electron chi connectivity index (χ1n) is 8.60. The SMILES string of the molecule is CCCCCCCC(C)(CCCC)n1nc(F)c(C(F)F)c1I. The van der Waals surface area contributed by atoms with Gasteiger partial charge in [-0.05, 0) is 42.4 Å². The van der Waals surface area contributed by atoms with E-state index in [1.165, 1.54) is 23.9 Å². The Morgan fingerprint density at radius 1 is 1.04 bits per heavy atom. The molecule has 134 valence electrons. The van der Waals surface area contributed by atoms with Crippen molar-refractivity contribution >= 4 is 22.6 Å². The van der Waals surface area contributed by atoms with E-state index in [0.29, 0.717) is 0 Å². The van der Waals surface area contributed by atoms with Crippen LogP contribution in [0.4, 0.5) is 13.2 Å². The van der Waals surface area contributed by atoms with E-state index >= 15 is 0 Å². The maximum absolute atomic E-state index is 13.8. The van der Waals surface area contributed by atoms with E-state index in [1.54, 1.807) is 0 Å². The first-order valence-corrected chi connectivity index (χ1v) is 9.67. The molecule has 0 aliphatic carbocycles. The topological polar surface area (TPSA) is 17.8 Å². The highest BCUT2D eigenvalue weighted by Crippen LogP contribution is 2.35. The summed E-state index contributed by atoms with van der Waals surface area (Å²) < 4.78 is 41.7. The third-order valence-electron chi connectivity index (χ3n) is 4.44. The van der Waals surface area contributed by atoms with Crippen molar-refractivity contribution in [1.29, 1.82) is 0 Å². The first-order chi connectivity index (χ1) is 10.9. The Kier molecular flexibility index (Phi) is 8.93. The van der Waals surface area contributed by atoms with Gasteiger partial charge >= 0.3 is 0 Å². The number of halogens is 4. The van der Waals surface area contributed by atoms with Gasteiger partial charge in [0.05, 0.1) is 5.54 Å². The Bertz CT molecular complexity index is 477. The van der Waals surface area contributed by atoms with Gasteiger partial charge in [0.15, 0.2) is 0 Å². The molecule has 0 saturated heterocycles. The summed E-state index contributed by atoms with van der Waals surface area (Å²) in [6, 6.07) is 0. The molecular formula is C17H28F3IN2. The Labute approximate surface area is 151 Å². The monoisotopic (exact) mass is 444 g/mol. The quantitative estimate of drug-likeness (QED) is 0.270. The molecule has 1 heterocycles. The molecule has 1 rings (SSSR count). The fourth-order valence-corrected chi connectivity index (χ4v) is 4.07. The van der Waals surface area contributed by atoms with Crippen LogP contribution in [0.2, 0.25) is 0 Å². The highest BCUT2D eigenvalue weighted by atomic mass is 127. The number of rotatable bonds is 11. The largest absolute Gasteiger partial charge is 0.270 e. The lowest BCUT2D eigenvalue weighted by molar-refractivity contribution is 0.144. The number of nitrogens with zero attached hydrogens (tertiary/aromatic N) is 2. The average molecular weight is 444 g/mol. The molecule has 2 nitrogen and oxygen atoms in total. The van der Waals surface area contributed by atoms with Crippen molar-refractivity contribution in [2.24, 2.45) is 0 Å². The second-order valence-electron chi connectivity index (χ2n) is 6.47. The summed E-state index contributed by atoms with van der Waals surface area (Å²) in [6.07, 6.45) is 6.58. The second-order valence-corrected chi connectivity index (χ2v) is 7.49. The maximum Gasteiger partial charge on any atom is 0.270 e. The van der Waals surface area contributed by atoms with Crippen LogP contribution in [0, 0.1) is 9.65 Å². The van der Waals surface area contributed by atoms with Crippen molar-refractivity contribution in [3.63, 3.8) is 0 Å². The smallest absolute Gasteiger partial charge is 0.250 e. The molecule has 23 heavy (non-hydrogen) atoms. The van der Waals surface area contributed by atoms with Crippen molar-refractivity contribution in [2.45, 2.75) is 90.5 Å². The summed E-state index contributed by atoms with van der Waals surface area (Å²) in [7, 11) is 0. The summed E-state index contributed by atoms with van der Waals surface area (Å²) in [6.45, 7) is 6.29. The van der Waals surface area contributed by atoms with Crippen molar-refractivity contribution < 1.29 is 13.2 Å². The lowest BCUT2D eigenvalue weighted by Gasteiger charge is -2.31. The predicted molar refractivity (Wildman–Crippen MR) is 96.4 cm³/mol. The van der Waals surface area contributed by atoms with Crippen molar-refractivity contribution in [1.82, 2.24) is 9.78 Å². The van der Waals surface area contributed by atoms with Crippen molar-refractivity contribution in [3.05, 3.63) is 15.2 Å². The fraction of sp³-hybridized carbons (Fsp3) is 0.824. The van der Waals surface area contributed by atoms with Gasteiger partial charge in [-0.3, -0.25) is 4.68 Å². The molecule has 6 heteroatoms. The van der Waals surface area contributed by atoms with E-state index in [4.69, 9.17) is 0 Å². The van der Waals surface area contributed by atoms with Gasteiger partial charge in [0.1, 0.15) is 9.26 Å². The van der Waals surface area contributed by atoms with Crippen LogP contribution in [0.5, 0.6) is 0 Å². The molecule has 0 saturated carbocycles. The molecule has 0 spiro atoms. The molecule has 0 bridgehead atoms. The molecule has 0 aromatic carbocycles. The van der Waals surface area contributed by atoms with Crippen LogP contribution >= 0.6 is 22.6 Å². The van der Waals surface area contributed by atoms with E-state index in [0.717, 1.165) is 38.5 Å². The maximum atomic E-state index is 13.8. The summed E-state index contributed by atoms with van der Waals surface area (Å²) in [4.78, 5) is 0. The van der Waals surface area contributed by atoms with Gasteiger partial charge in [-0.25, -0.2) is 8.78 Å². The molecule has 1 aromatic rings. The van der Waals surface area contributed by atoms with Crippen LogP contribution in [0.15, 0.2) is 0 Å². The van der Waals surface area contributed by atoms with Gasteiger partial charge in [-0.15, -0.1) is 5.10 Å². The predicted octanol–water partition coefficient (Wildman–Crippen LogP) is 6.83. The van der Waals surface area contributed by atoms with E-state index in [2.05, 4.69) is 18.9 Å². The van der Waals surface area contributed by atoms with E-state index in [-0.39, 0.29) is 3.70 Å². The molecule has 0 aliphatic heterocycles. The number of alkyl halides is 2. The summed E-state index contributed by atoms with van der Waals surface area (Å²) in [5, 5.41) is 3.83. The summed E-state index contributed by atoms with van der Waals surface area (Å²) in [5.74, 6) is -1.03. The van der Waals surface area contributed by atoms with Gasteiger partial charge in [-0.1, -0.05) is 58.8 Å². The van der Waals surface area contributed by atoms with Crippen LogP contribution in [0.3, 0.4) is 0 Å². The number of aromatic nitrogens is 2. The molecule has 1 atom stereocenters. The van der Waals surface area contributed by atoms with E-state index < -0.39 is 23.5 Å². The number of hydrogen-bond donors (Lipinski definition) is 0. The molecule has 0 N–H and O–H groups in total. The molecule has 0 amide bonds. The first kappa shape index (κ1) is 20.8. The van der Waals surface area contributed by atoms with Crippen LogP contribution in [-0.2, 0) is 5.54 Å². The van der Waals surface area contributed by atoms with Crippen LogP contribution < -0.4 is 0 Å². The van der Waals surface area contributed by atoms with E-state index in [1.807, 2.05) is 29.5 Å². The van der Waals surface area contributed by atoms with Gasteiger partial charge in [-0.2, -0.15) is 4.39 Å². The summed E-state index contributed by atoms with van der Waals surface area (Å²) in [5.41, 5.74) is -0.952. The molecule has 0 aliphatic rings. The molecule has 0 radical (unpaired) electrons. The van der Waals surface area contributed by atoms with Crippen LogP contribution in [0.25, 0.3) is 0 Å².